The third-order valence-corrected chi connectivity index (χ3v) is 4.88. The average molecular weight is 374 g/mol. The fourth-order valence-corrected chi connectivity index (χ4v) is 3.43. The minimum absolute atomic E-state index is 0.122. The van der Waals surface area contributed by atoms with Gasteiger partial charge in [0.05, 0.1) is 22.2 Å². The van der Waals surface area contributed by atoms with Crippen LogP contribution in [-0.2, 0) is 9.63 Å². The molecule has 2 heterocycles. The van der Waals surface area contributed by atoms with E-state index >= 15 is 0 Å². The number of benzene rings is 2. The Morgan fingerprint density at radius 1 is 1.04 bits per heavy atom. The number of halogens is 2. The third-order valence-electron chi connectivity index (χ3n) is 4.16. The van der Waals surface area contributed by atoms with Gasteiger partial charge in [-0.05, 0) is 23.8 Å². The van der Waals surface area contributed by atoms with Crippen LogP contribution in [0.2, 0.25) is 10.0 Å². The summed E-state index contributed by atoms with van der Waals surface area (Å²) in [6.07, 6.45) is 0.198. The van der Waals surface area contributed by atoms with Crippen LogP contribution in [0.25, 0.3) is 5.57 Å². The Morgan fingerprint density at radius 2 is 1.80 bits per heavy atom. The van der Waals surface area contributed by atoms with Crippen LogP contribution < -0.4 is 10.6 Å². The molecular weight excluding hydrogens is 361 g/mol. The van der Waals surface area contributed by atoms with Crippen LogP contribution in [0.3, 0.4) is 0 Å². The lowest BCUT2D eigenvalue weighted by atomic mass is 9.93. The van der Waals surface area contributed by atoms with E-state index in [2.05, 4.69) is 15.8 Å². The highest BCUT2D eigenvalue weighted by atomic mass is 35.5. The van der Waals surface area contributed by atoms with Crippen molar-refractivity contribution < 1.29 is 9.63 Å². The lowest BCUT2D eigenvalue weighted by Gasteiger charge is -2.22. The lowest BCUT2D eigenvalue weighted by molar-refractivity contribution is -0.115. The molecule has 1 amide bonds. The van der Waals surface area contributed by atoms with E-state index in [9.17, 15) is 4.79 Å². The first-order valence-electron chi connectivity index (χ1n) is 7.59. The summed E-state index contributed by atoms with van der Waals surface area (Å²) in [6, 6.07) is 11.2. The summed E-state index contributed by atoms with van der Waals surface area (Å²) < 4.78 is 0. The molecule has 5 nitrogen and oxygen atoms in total. The number of carbonyl (C=O) groups is 1. The molecule has 0 spiro atoms. The predicted molar refractivity (Wildman–Crippen MR) is 100 cm³/mol. The molecule has 0 bridgehead atoms. The SMILES string of the molecule is CO/N=C1/C(=C2/CC(=O)Nc3cc(Cl)c(Cl)cc32)Nc2ccccc21. The van der Waals surface area contributed by atoms with Gasteiger partial charge in [-0.3, -0.25) is 4.79 Å². The van der Waals surface area contributed by atoms with Crippen molar-refractivity contribution in [2.24, 2.45) is 5.16 Å². The van der Waals surface area contributed by atoms with Crippen LogP contribution >= 0.6 is 23.2 Å². The van der Waals surface area contributed by atoms with E-state index in [1.807, 2.05) is 24.3 Å². The number of para-hydroxylation sites is 1. The normalized spacial score (nSPS) is 20.0. The van der Waals surface area contributed by atoms with Gasteiger partial charge in [0.1, 0.15) is 12.8 Å². The van der Waals surface area contributed by atoms with Crippen molar-refractivity contribution in [2.45, 2.75) is 6.42 Å². The Kier molecular flexibility index (Phi) is 3.90. The summed E-state index contributed by atoms with van der Waals surface area (Å²) in [5.74, 6) is -0.122. The zero-order chi connectivity index (χ0) is 17.6. The molecule has 4 rings (SSSR count). The van der Waals surface area contributed by atoms with Crippen LogP contribution in [0.5, 0.6) is 0 Å². The average Bonchev–Trinajstić information content (AvgIpc) is 2.95. The topological polar surface area (TPSA) is 62.7 Å². The number of fused-ring (bicyclic) bond motifs is 2. The van der Waals surface area contributed by atoms with Gasteiger partial charge in [0.15, 0.2) is 0 Å². The van der Waals surface area contributed by atoms with E-state index in [-0.39, 0.29) is 12.3 Å². The van der Waals surface area contributed by atoms with Gasteiger partial charge >= 0.3 is 0 Å². The van der Waals surface area contributed by atoms with E-state index in [0.29, 0.717) is 21.4 Å². The van der Waals surface area contributed by atoms with Crippen molar-refractivity contribution >= 4 is 51.8 Å². The minimum atomic E-state index is -0.122. The maximum atomic E-state index is 12.2. The Hall–Kier alpha value is -2.50. The van der Waals surface area contributed by atoms with Gasteiger partial charge in [0.25, 0.3) is 0 Å². The van der Waals surface area contributed by atoms with Gasteiger partial charge < -0.3 is 15.5 Å². The molecule has 0 aromatic heterocycles. The number of amides is 1. The zero-order valence-corrected chi connectivity index (χ0v) is 14.7. The Bertz CT molecular complexity index is 967. The van der Waals surface area contributed by atoms with E-state index in [1.165, 1.54) is 7.11 Å². The van der Waals surface area contributed by atoms with Crippen LogP contribution in [0.1, 0.15) is 17.5 Å². The molecule has 0 saturated carbocycles. The number of hydrogen-bond donors (Lipinski definition) is 2. The molecule has 2 aliphatic heterocycles. The second-order valence-corrected chi connectivity index (χ2v) is 6.50. The van der Waals surface area contributed by atoms with Crippen molar-refractivity contribution in [3.05, 3.63) is 63.3 Å². The van der Waals surface area contributed by atoms with Gasteiger partial charge in [0.2, 0.25) is 5.91 Å². The molecule has 2 aromatic carbocycles. The zero-order valence-electron chi connectivity index (χ0n) is 13.2. The molecule has 2 N–H and O–H groups in total. The first kappa shape index (κ1) is 16.0. The molecule has 7 heteroatoms. The molecule has 0 radical (unpaired) electrons. The quantitative estimate of drug-likeness (QED) is 0.722. The third kappa shape index (κ3) is 2.65. The van der Waals surface area contributed by atoms with E-state index < -0.39 is 0 Å². The van der Waals surface area contributed by atoms with Gasteiger partial charge in [-0.1, -0.05) is 46.6 Å². The van der Waals surface area contributed by atoms with Crippen molar-refractivity contribution in [3.63, 3.8) is 0 Å². The monoisotopic (exact) mass is 373 g/mol. The molecule has 25 heavy (non-hydrogen) atoms. The molecule has 126 valence electrons. The summed E-state index contributed by atoms with van der Waals surface area (Å²) in [4.78, 5) is 17.2. The number of hydrogen-bond acceptors (Lipinski definition) is 4. The van der Waals surface area contributed by atoms with Crippen LogP contribution in [0.15, 0.2) is 47.3 Å². The molecule has 0 fully saturated rings. The van der Waals surface area contributed by atoms with Crippen molar-refractivity contribution in [1.29, 1.82) is 0 Å². The van der Waals surface area contributed by atoms with E-state index in [1.54, 1.807) is 12.1 Å². The standard InChI is InChI=1S/C18H13Cl2N3O2/c1-25-23-18-9-4-2-3-5-14(9)22-17(18)11-7-16(24)21-15-8-13(20)12(19)6-10(11)15/h2-6,8,22H,7H2,1H3,(H,21,24)/b17-11+,23-18+. The number of carbonyl (C=O) groups excluding carboxylic acids is 1. The molecule has 2 aromatic rings. The van der Waals surface area contributed by atoms with Gasteiger partial charge in [-0.2, -0.15) is 0 Å². The maximum absolute atomic E-state index is 12.2. The van der Waals surface area contributed by atoms with Crippen LogP contribution in [0, 0.1) is 0 Å². The highest BCUT2D eigenvalue weighted by molar-refractivity contribution is 6.42. The Balaban J connectivity index is 1.96. The second-order valence-electron chi connectivity index (χ2n) is 5.68. The summed E-state index contributed by atoms with van der Waals surface area (Å²) in [5.41, 5.74) is 5.45. The number of nitrogens with one attached hydrogen (secondary N) is 2. The largest absolute Gasteiger partial charge is 0.399 e. The number of rotatable bonds is 1. The first-order chi connectivity index (χ1) is 12.1. The molecule has 0 saturated heterocycles. The van der Waals surface area contributed by atoms with Crippen molar-refractivity contribution in [3.8, 4) is 0 Å². The van der Waals surface area contributed by atoms with Gasteiger partial charge in [0, 0.05) is 22.5 Å². The number of oxime groups is 1. The summed E-state index contributed by atoms with van der Waals surface area (Å²) >= 11 is 12.3. The molecule has 0 unspecified atom stereocenters. The Morgan fingerprint density at radius 3 is 2.60 bits per heavy atom. The fraction of sp³-hybridized carbons (Fsp3) is 0.111. The highest BCUT2D eigenvalue weighted by Crippen LogP contribution is 2.41. The number of nitrogens with zero attached hydrogens (tertiary/aromatic N) is 1. The number of allylic oxidation sites excluding steroid dienone is 1. The summed E-state index contributed by atoms with van der Waals surface area (Å²) in [5, 5.41) is 11.2. The molecule has 2 aliphatic rings. The van der Waals surface area contributed by atoms with E-state index in [4.69, 9.17) is 28.0 Å². The Labute approximate surface area is 154 Å². The van der Waals surface area contributed by atoms with Crippen LogP contribution in [0.4, 0.5) is 11.4 Å². The molecule has 0 aliphatic carbocycles. The summed E-state index contributed by atoms with van der Waals surface area (Å²) in [6.45, 7) is 0. The number of anilines is 2. The highest BCUT2D eigenvalue weighted by Gasteiger charge is 2.31. The molecular formula is C18H13Cl2N3O2. The second kappa shape index (κ2) is 6.10. The van der Waals surface area contributed by atoms with Gasteiger partial charge in [-0.15, -0.1) is 0 Å². The lowest BCUT2D eigenvalue weighted by Crippen LogP contribution is -2.21. The van der Waals surface area contributed by atoms with Crippen molar-refractivity contribution in [1.82, 2.24) is 0 Å². The first-order valence-corrected chi connectivity index (χ1v) is 8.34. The minimum Gasteiger partial charge on any atom is -0.399 e. The fourth-order valence-electron chi connectivity index (χ4n) is 3.10. The van der Waals surface area contributed by atoms with Gasteiger partial charge in [-0.25, -0.2) is 0 Å². The van der Waals surface area contributed by atoms with Crippen molar-refractivity contribution in [2.75, 3.05) is 17.7 Å². The summed E-state index contributed by atoms with van der Waals surface area (Å²) in [7, 11) is 1.49. The maximum Gasteiger partial charge on any atom is 0.228 e. The smallest absolute Gasteiger partial charge is 0.228 e. The van der Waals surface area contributed by atoms with E-state index in [0.717, 1.165) is 28.1 Å². The predicted octanol–water partition coefficient (Wildman–Crippen LogP) is 4.52. The molecule has 0 atom stereocenters. The van der Waals surface area contributed by atoms with Crippen LogP contribution in [-0.4, -0.2) is 18.7 Å².